The lowest BCUT2D eigenvalue weighted by atomic mass is 10.1. The Morgan fingerprint density at radius 1 is 1.67 bits per heavy atom. The zero-order chi connectivity index (χ0) is 13.1. The Hall–Kier alpha value is -1.76. The Balaban J connectivity index is 1.97. The van der Waals surface area contributed by atoms with Gasteiger partial charge in [0.2, 0.25) is 5.95 Å². The van der Waals surface area contributed by atoms with E-state index in [0.717, 1.165) is 19.5 Å². The number of nitrogens with two attached hydrogens (primary N) is 1. The van der Waals surface area contributed by atoms with Gasteiger partial charge in [0, 0.05) is 25.7 Å². The molecule has 0 saturated carbocycles. The van der Waals surface area contributed by atoms with Gasteiger partial charge in [0.05, 0.1) is 0 Å². The Morgan fingerprint density at radius 3 is 3.11 bits per heavy atom. The molecule has 0 aliphatic carbocycles. The molecule has 1 atom stereocenters. The summed E-state index contributed by atoms with van der Waals surface area (Å²) in [5.41, 5.74) is 5.54. The van der Waals surface area contributed by atoms with Crippen LogP contribution in [0.1, 0.15) is 6.42 Å². The van der Waals surface area contributed by atoms with E-state index in [1.807, 2.05) is 4.90 Å². The van der Waals surface area contributed by atoms with E-state index >= 15 is 0 Å². The maximum Gasteiger partial charge on any atom is 0.404 e. The summed E-state index contributed by atoms with van der Waals surface area (Å²) in [7, 11) is 0. The molecule has 0 radical (unpaired) electrons. The van der Waals surface area contributed by atoms with E-state index in [1.54, 1.807) is 6.07 Å². The van der Waals surface area contributed by atoms with Crippen molar-refractivity contribution in [1.82, 2.24) is 15.3 Å². The lowest BCUT2D eigenvalue weighted by Gasteiger charge is -2.17. The molecule has 2 heterocycles. The zero-order valence-electron chi connectivity index (χ0n) is 9.64. The molecule has 1 aliphatic rings. The quantitative estimate of drug-likeness (QED) is 0.703. The van der Waals surface area contributed by atoms with E-state index in [4.69, 9.17) is 22.4 Å². The van der Waals surface area contributed by atoms with Crippen LogP contribution in [0.5, 0.6) is 0 Å². The summed E-state index contributed by atoms with van der Waals surface area (Å²) in [6.45, 7) is 1.98. The Labute approximate surface area is 109 Å². The average Bonchev–Trinajstić information content (AvgIpc) is 2.73. The van der Waals surface area contributed by atoms with Gasteiger partial charge in [-0.05, 0) is 12.3 Å². The number of carboxylic acid groups (broad SMARTS) is 1. The fourth-order valence-corrected chi connectivity index (χ4v) is 2.21. The van der Waals surface area contributed by atoms with Crippen molar-refractivity contribution in [2.24, 2.45) is 5.92 Å². The topological polar surface area (TPSA) is 104 Å². The molecule has 18 heavy (non-hydrogen) atoms. The molecule has 0 unspecified atom stereocenters. The standard InChI is InChI=1S/C10H14ClN5O2/c11-7-3-8(15-9(12)14-7)16-2-1-6(5-16)4-13-10(17)18/h3,6,13H,1-2,4-5H2,(H,17,18)(H2,12,14,15)/t6-/m0/s1. The second kappa shape index (κ2) is 5.26. The molecular weight excluding hydrogens is 258 g/mol. The number of nitrogen functional groups attached to an aromatic ring is 1. The van der Waals surface area contributed by atoms with Crippen molar-refractivity contribution in [2.45, 2.75) is 6.42 Å². The van der Waals surface area contributed by atoms with Crippen LogP contribution in [0.4, 0.5) is 16.6 Å². The summed E-state index contributed by atoms with van der Waals surface area (Å²) in [6, 6.07) is 1.66. The highest BCUT2D eigenvalue weighted by molar-refractivity contribution is 6.29. The van der Waals surface area contributed by atoms with Gasteiger partial charge in [-0.2, -0.15) is 4.98 Å². The summed E-state index contributed by atoms with van der Waals surface area (Å²) in [4.78, 5) is 20.4. The minimum absolute atomic E-state index is 0.143. The third-order valence-corrected chi connectivity index (χ3v) is 3.04. The van der Waals surface area contributed by atoms with Gasteiger partial charge in [0.1, 0.15) is 11.0 Å². The Morgan fingerprint density at radius 2 is 2.44 bits per heavy atom. The molecule has 1 fully saturated rings. The predicted molar refractivity (Wildman–Crippen MR) is 67.8 cm³/mol. The van der Waals surface area contributed by atoms with E-state index in [9.17, 15) is 4.79 Å². The van der Waals surface area contributed by atoms with E-state index in [0.29, 0.717) is 17.5 Å². The highest BCUT2D eigenvalue weighted by Gasteiger charge is 2.24. The maximum absolute atomic E-state index is 10.4. The Bertz CT molecular complexity index is 436. The highest BCUT2D eigenvalue weighted by atomic mass is 35.5. The van der Waals surface area contributed by atoms with E-state index in [2.05, 4.69) is 15.3 Å². The molecule has 1 aromatic rings. The number of amides is 1. The van der Waals surface area contributed by atoms with Crippen LogP contribution in [-0.4, -0.2) is 40.8 Å². The van der Waals surface area contributed by atoms with Crippen LogP contribution in [0, 0.1) is 5.92 Å². The first-order valence-electron chi connectivity index (χ1n) is 5.56. The number of aromatic nitrogens is 2. The van der Waals surface area contributed by atoms with Crippen LogP contribution in [0.3, 0.4) is 0 Å². The van der Waals surface area contributed by atoms with Gasteiger partial charge in [-0.25, -0.2) is 9.78 Å². The van der Waals surface area contributed by atoms with Crippen molar-refractivity contribution >= 4 is 29.5 Å². The van der Waals surface area contributed by atoms with Crippen LogP contribution in [-0.2, 0) is 0 Å². The fraction of sp³-hybridized carbons (Fsp3) is 0.500. The average molecular weight is 272 g/mol. The van der Waals surface area contributed by atoms with Gasteiger partial charge in [0.15, 0.2) is 0 Å². The number of nitrogens with zero attached hydrogens (tertiary/aromatic N) is 3. The molecule has 0 aromatic carbocycles. The molecule has 1 aliphatic heterocycles. The molecule has 7 nitrogen and oxygen atoms in total. The SMILES string of the molecule is Nc1nc(Cl)cc(N2CC[C@@H](CNC(=O)O)C2)n1. The molecule has 1 saturated heterocycles. The minimum Gasteiger partial charge on any atom is -0.465 e. The molecular formula is C10H14ClN5O2. The largest absolute Gasteiger partial charge is 0.465 e. The van der Waals surface area contributed by atoms with Crippen molar-refractivity contribution in [2.75, 3.05) is 30.3 Å². The van der Waals surface area contributed by atoms with Gasteiger partial charge in [-0.3, -0.25) is 0 Å². The number of carbonyl (C=O) groups is 1. The number of hydrogen-bond acceptors (Lipinski definition) is 5. The van der Waals surface area contributed by atoms with E-state index in [1.165, 1.54) is 0 Å². The minimum atomic E-state index is -0.997. The van der Waals surface area contributed by atoms with Gasteiger partial charge in [-0.15, -0.1) is 0 Å². The fourth-order valence-electron chi connectivity index (χ4n) is 2.02. The molecule has 2 rings (SSSR count). The van der Waals surface area contributed by atoms with Crippen molar-refractivity contribution < 1.29 is 9.90 Å². The monoisotopic (exact) mass is 271 g/mol. The van der Waals surface area contributed by atoms with Gasteiger partial charge >= 0.3 is 6.09 Å². The van der Waals surface area contributed by atoms with Gasteiger partial charge in [0.25, 0.3) is 0 Å². The summed E-state index contributed by atoms with van der Waals surface area (Å²) in [5.74, 6) is 1.10. The van der Waals surface area contributed by atoms with E-state index < -0.39 is 6.09 Å². The Kier molecular flexibility index (Phi) is 3.71. The smallest absolute Gasteiger partial charge is 0.404 e. The predicted octanol–water partition coefficient (Wildman–Crippen LogP) is 0.806. The second-order valence-electron chi connectivity index (χ2n) is 4.19. The first-order valence-corrected chi connectivity index (χ1v) is 5.94. The lowest BCUT2D eigenvalue weighted by Crippen LogP contribution is -2.30. The van der Waals surface area contributed by atoms with Gasteiger partial charge in [-0.1, -0.05) is 11.6 Å². The van der Waals surface area contributed by atoms with Crippen LogP contribution >= 0.6 is 11.6 Å². The number of nitrogens with one attached hydrogen (secondary N) is 1. The third kappa shape index (κ3) is 3.13. The molecule has 1 amide bonds. The number of anilines is 2. The summed E-state index contributed by atoms with van der Waals surface area (Å²) in [5, 5.41) is 11.2. The van der Waals surface area contributed by atoms with Crippen LogP contribution in [0.2, 0.25) is 5.15 Å². The summed E-state index contributed by atoms with van der Waals surface area (Å²) >= 11 is 5.82. The molecule has 4 N–H and O–H groups in total. The number of rotatable bonds is 3. The lowest BCUT2D eigenvalue weighted by molar-refractivity contribution is 0.192. The van der Waals surface area contributed by atoms with E-state index in [-0.39, 0.29) is 11.9 Å². The maximum atomic E-state index is 10.4. The van der Waals surface area contributed by atoms with Crippen LogP contribution < -0.4 is 16.0 Å². The normalized spacial score (nSPS) is 18.9. The summed E-state index contributed by atoms with van der Waals surface area (Å²) in [6.07, 6.45) is -0.0929. The van der Waals surface area contributed by atoms with Crippen molar-refractivity contribution in [3.63, 3.8) is 0 Å². The molecule has 1 aromatic heterocycles. The molecule has 98 valence electrons. The van der Waals surface area contributed by atoms with Gasteiger partial charge < -0.3 is 21.1 Å². The molecule has 8 heteroatoms. The third-order valence-electron chi connectivity index (χ3n) is 2.85. The van der Waals surface area contributed by atoms with Crippen molar-refractivity contribution in [1.29, 1.82) is 0 Å². The first-order chi connectivity index (χ1) is 8.54. The second-order valence-corrected chi connectivity index (χ2v) is 4.58. The number of halogens is 1. The molecule has 0 spiro atoms. The van der Waals surface area contributed by atoms with Crippen molar-refractivity contribution in [3.8, 4) is 0 Å². The van der Waals surface area contributed by atoms with Crippen LogP contribution in [0.15, 0.2) is 6.07 Å². The first kappa shape index (κ1) is 12.7. The summed E-state index contributed by atoms with van der Waals surface area (Å²) < 4.78 is 0. The number of hydrogen-bond donors (Lipinski definition) is 3. The van der Waals surface area contributed by atoms with Crippen LogP contribution in [0.25, 0.3) is 0 Å². The zero-order valence-corrected chi connectivity index (χ0v) is 10.4. The van der Waals surface area contributed by atoms with Crippen molar-refractivity contribution in [3.05, 3.63) is 11.2 Å². The highest BCUT2D eigenvalue weighted by Crippen LogP contribution is 2.24. The molecule has 0 bridgehead atoms.